The number of hydrogen-bond acceptors (Lipinski definition) is 4. The maximum atomic E-state index is 11.8. The molecule has 0 radical (unpaired) electrons. The molecule has 0 unspecified atom stereocenters. The topological polar surface area (TPSA) is 59.9 Å². The molecular formula is C12H12Cl2N2O2S. The molecular weight excluding hydrogens is 307 g/mol. The van der Waals surface area contributed by atoms with Crippen LogP contribution in [0.2, 0.25) is 10.0 Å². The zero-order chi connectivity index (χ0) is 14.2. The van der Waals surface area contributed by atoms with Crippen molar-refractivity contribution < 1.29 is 8.42 Å². The first-order valence-corrected chi connectivity index (χ1v) is 8.33. The van der Waals surface area contributed by atoms with Gasteiger partial charge in [0, 0.05) is 6.26 Å². The van der Waals surface area contributed by atoms with Crippen molar-refractivity contribution in [3.05, 3.63) is 27.9 Å². The predicted octanol–water partition coefficient (Wildman–Crippen LogP) is 3.29. The zero-order valence-corrected chi connectivity index (χ0v) is 12.8. The zero-order valence-electron chi connectivity index (χ0n) is 10.4. The van der Waals surface area contributed by atoms with Crippen LogP contribution in [0.3, 0.4) is 0 Å². The van der Waals surface area contributed by atoms with E-state index in [4.69, 9.17) is 23.2 Å². The van der Waals surface area contributed by atoms with Crippen LogP contribution in [0.15, 0.2) is 17.2 Å². The van der Waals surface area contributed by atoms with Gasteiger partial charge in [0.15, 0.2) is 14.9 Å². The molecule has 7 heteroatoms. The van der Waals surface area contributed by atoms with Crippen LogP contribution in [0, 0.1) is 0 Å². The first-order valence-electron chi connectivity index (χ1n) is 5.68. The Labute approximate surface area is 121 Å². The highest BCUT2D eigenvalue weighted by atomic mass is 35.5. The van der Waals surface area contributed by atoms with E-state index in [1.807, 2.05) is 6.92 Å². The summed E-state index contributed by atoms with van der Waals surface area (Å²) in [6, 6.07) is 3.12. The lowest BCUT2D eigenvalue weighted by molar-refractivity contribution is 0.595. The molecule has 0 bridgehead atoms. The minimum Gasteiger partial charge on any atom is -0.248 e. The maximum Gasteiger partial charge on any atom is 0.194 e. The lowest BCUT2D eigenvalue weighted by Crippen LogP contribution is -2.08. The molecule has 1 aromatic carbocycles. The normalized spacial score (nSPS) is 12.0. The van der Waals surface area contributed by atoms with Crippen molar-refractivity contribution in [2.45, 2.75) is 24.8 Å². The van der Waals surface area contributed by atoms with Gasteiger partial charge in [0.05, 0.1) is 26.8 Å². The van der Waals surface area contributed by atoms with E-state index in [2.05, 4.69) is 9.97 Å². The molecule has 2 aromatic rings. The van der Waals surface area contributed by atoms with Gasteiger partial charge in [-0.25, -0.2) is 18.4 Å². The third kappa shape index (κ3) is 2.99. The Kier molecular flexibility index (Phi) is 3.99. The molecule has 0 aliphatic rings. The Morgan fingerprint density at radius 3 is 2.11 bits per heavy atom. The molecule has 0 aliphatic carbocycles. The van der Waals surface area contributed by atoms with Gasteiger partial charge in [-0.2, -0.15) is 0 Å². The minimum atomic E-state index is -3.42. The van der Waals surface area contributed by atoms with Gasteiger partial charge < -0.3 is 0 Å². The Hall–Kier alpha value is -0.910. The maximum absolute atomic E-state index is 11.8. The first kappa shape index (κ1) is 14.5. The minimum absolute atomic E-state index is 0.0141. The third-order valence-electron chi connectivity index (χ3n) is 2.58. The number of aromatic nitrogens is 2. The van der Waals surface area contributed by atoms with E-state index in [1.54, 1.807) is 6.07 Å². The van der Waals surface area contributed by atoms with E-state index in [-0.39, 0.29) is 5.03 Å². The summed E-state index contributed by atoms with van der Waals surface area (Å²) in [5.41, 5.74) is 1.44. The van der Waals surface area contributed by atoms with Crippen molar-refractivity contribution >= 4 is 44.1 Å². The largest absolute Gasteiger partial charge is 0.248 e. The van der Waals surface area contributed by atoms with E-state index < -0.39 is 9.84 Å². The van der Waals surface area contributed by atoms with E-state index >= 15 is 0 Å². The molecule has 0 atom stereocenters. The SMILES string of the molecule is CCCc1nc2cc(Cl)c(Cl)cc2nc1S(C)(=O)=O. The van der Waals surface area contributed by atoms with Crippen LogP contribution < -0.4 is 0 Å². The molecule has 0 spiro atoms. The number of sulfone groups is 1. The van der Waals surface area contributed by atoms with Gasteiger partial charge in [0.1, 0.15) is 0 Å². The second-order valence-corrected chi connectivity index (χ2v) is 7.00. The number of aryl methyl sites for hydroxylation is 1. The fourth-order valence-corrected chi connectivity index (χ4v) is 2.92. The molecule has 0 saturated carbocycles. The van der Waals surface area contributed by atoms with Crippen molar-refractivity contribution in [2.75, 3.05) is 6.26 Å². The van der Waals surface area contributed by atoms with Crippen molar-refractivity contribution in [1.29, 1.82) is 0 Å². The van der Waals surface area contributed by atoms with Crippen LogP contribution in [-0.2, 0) is 16.3 Å². The van der Waals surface area contributed by atoms with Crippen LogP contribution in [0.4, 0.5) is 0 Å². The molecule has 0 amide bonds. The van der Waals surface area contributed by atoms with E-state index in [0.29, 0.717) is 33.2 Å². The molecule has 1 heterocycles. The molecule has 0 saturated heterocycles. The fraction of sp³-hybridized carbons (Fsp3) is 0.333. The number of fused-ring (bicyclic) bond motifs is 1. The van der Waals surface area contributed by atoms with E-state index in [9.17, 15) is 8.42 Å². The number of nitrogens with zero attached hydrogens (tertiary/aromatic N) is 2. The second-order valence-electron chi connectivity index (χ2n) is 4.25. The van der Waals surface area contributed by atoms with Gasteiger partial charge in [0.2, 0.25) is 0 Å². The van der Waals surface area contributed by atoms with Gasteiger partial charge in [0.25, 0.3) is 0 Å². The van der Waals surface area contributed by atoms with Crippen LogP contribution in [0.5, 0.6) is 0 Å². The molecule has 1 aromatic heterocycles. The highest BCUT2D eigenvalue weighted by Gasteiger charge is 2.18. The predicted molar refractivity (Wildman–Crippen MR) is 76.7 cm³/mol. The molecule has 102 valence electrons. The van der Waals surface area contributed by atoms with Gasteiger partial charge in [-0.05, 0) is 18.6 Å². The molecule has 2 rings (SSSR count). The van der Waals surface area contributed by atoms with Gasteiger partial charge in [-0.1, -0.05) is 36.5 Å². The Balaban J connectivity index is 2.80. The smallest absolute Gasteiger partial charge is 0.194 e. The second kappa shape index (κ2) is 5.23. The van der Waals surface area contributed by atoms with Crippen molar-refractivity contribution in [2.24, 2.45) is 0 Å². The summed E-state index contributed by atoms with van der Waals surface area (Å²) in [6.07, 6.45) is 2.45. The van der Waals surface area contributed by atoms with Crippen LogP contribution >= 0.6 is 23.2 Å². The molecule has 4 nitrogen and oxygen atoms in total. The number of halogens is 2. The Bertz CT molecular complexity index is 745. The summed E-state index contributed by atoms with van der Waals surface area (Å²) in [5, 5.41) is 0.712. The molecule has 0 fully saturated rings. The van der Waals surface area contributed by atoms with Crippen molar-refractivity contribution in [3.8, 4) is 0 Å². The summed E-state index contributed by atoms with van der Waals surface area (Å²) in [7, 11) is -3.42. The summed E-state index contributed by atoms with van der Waals surface area (Å²) in [6.45, 7) is 1.95. The van der Waals surface area contributed by atoms with Gasteiger partial charge in [-0.15, -0.1) is 0 Å². The highest BCUT2D eigenvalue weighted by Crippen LogP contribution is 2.27. The monoisotopic (exact) mass is 318 g/mol. The van der Waals surface area contributed by atoms with Gasteiger partial charge in [-0.3, -0.25) is 0 Å². The fourth-order valence-electron chi connectivity index (χ4n) is 1.77. The standard InChI is InChI=1S/C12H12Cl2N2O2S/c1-3-4-9-12(19(2,17)18)16-11-6-8(14)7(13)5-10(11)15-9/h5-6H,3-4H2,1-2H3. The summed E-state index contributed by atoms with van der Waals surface area (Å²) < 4.78 is 23.5. The summed E-state index contributed by atoms with van der Waals surface area (Å²) in [5.74, 6) is 0. The van der Waals surface area contributed by atoms with E-state index in [0.717, 1.165) is 12.7 Å². The average Bonchev–Trinajstić information content (AvgIpc) is 2.29. The van der Waals surface area contributed by atoms with Crippen molar-refractivity contribution in [3.63, 3.8) is 0 Å². The first-order chi connectivity index (χ1) is 8.82. The van der Waals surface area contributed by atoms with Crippen LogP contribution in [0.25, 0.3) is 11.0 Å². The van der Waals surface area contributed by atoms with Crippen LogP contribution in [0.1, 0.15) is 19.0 Å². The molecule has 0 N–H and O–H groups in total. The lowest BCUT2D eigenvalue weighted by Gasteiger charge is -2.08. The van der Waals surface area contributed by atoms with Crippen molar-refractivity contribution in [1.82, 2.24) is 9.97 Å². The average molecular weight is 319 g/mol. The quantitative estimate of drug-likeness (QED) is 0.871. The number of hydrogen-bond donors (Lipinski definition) is 0. The summed E-state index contributed by atoms with van der Waals surface area (Å²) in [4.78, 5) is 8.52. The number of rotatable bonds is 3. The van der Waals surface area contributed by atoms with Gasteiger partial charge >= 0.3 is 0 Å². The Morgan fingerprint density at radius 2 is 1.63 bits per heavy atom. The van der Waals surface area contributed by atoms with Crippen LogP contribution in [-0.4, -0.2) is 24.6 Å². The lowest BCUT2D eigenvalue weighted by atomic mass is 10.2. The number of benzene rings is 1. The molecule has 19 heavy (non-hydrogen) atoms. The third-order valence-corrected chi connectivity index (χ3v) is 4.33. The molecule has 0 aliphatic heterocycles. The Morgan fingerprint density at radius 1 is 1.11 bits per heavy atom. The summed E-state index contributed by atoms with van der Waals surface area (Å²) >= 11 is 11.8. The van der Waals surface area contributed by atoms with E-state index in [1.165, 1.54) is 6.07 Å². The highest BCUT2D eigenvalue weighted by molar-refractivity contribution is 7.90.